The number of hydrogen-bond acceptors (Lipinski definition) is 5. The van der Waals surface area contributed by atoms with Crippen molar-refractivity contribution < 1.29 is 17.9 Å². The molecule has 0 bridgehead atoms. The van der Waals surface area contributed by atoms with E-state index in [0.29, 0.717) is 24.4 Å². The summed E-state index contributed by atoms with van der Waals surface area (Å²) in [6, 6.07) is 4.73. The molecule has 24 heavy (non-hydrogen) atoms. The lowest BCUT2D eigenvalue weighted by molar-refractivity contribution is -0.131. The molecule has 1 amide bonds. The zero-order chi connectivity index (χ0) is 17.7. The van der Waals surface area contributed by atoms with Gasteiger partial charge in [-0.3, -0.25) is 4.79 Å². The molecular weight excluding hydrogens is 330 g/mol. The van der Waals surface area contributed by atoms with Gasteiger partial charge < -0.3 is 14.5 Å². The number of methoxy groups -OCH3 is 1. The number of ether oxygens (including phenoxy) is 1. The summed E-state index contributed by atoms with van der Waals surface area (Å²) in [6.45, 7) is 7.45. The average Bonchev–Trinajstić information content (AvgIpc) is 2.59. The van der Waals surface area contributed by atoms with Crippen LogP contribution in [0, 0.1) is 6.92 Å². The SMILES string of the molecule is CCN1CCN(C(=O)CNS(=O)(=O)c2ccc(OC)cc2C)CC1. The molecule has 0 aliphatic carbocycles. The Balaban J connectivity index is 1.96. The smallest absolute Gasteiger partial charge is 0.241 e. The van der Waals surface area contributed by atoms with E-state index >= 15 is 0 Å². The topological polar surface area (TPSA) is 79.0 Å². The number of aryl methyl sites for hydroxylation is 1. The Bertz CT molecular complexity index is 683. The van der Waals surface area contributed by atoms with Gasteiger partial charge >= 0.3 is 0 Å². The monoisotopic (exact) mass is 355 g/mol. The van der Waals surface area contributed by atoms with Crippen LogP contribution < -0.4 is 9.46 Å². The number of nitrogens with zero attached hydrogens (tertiary/aromatic N) is 2. The highest BCUT2D eigenvalue weighted by molar-refractivity contribution is 7.89. The van der Waals surface area contributed by atoms with Crippen molar-refractivity contribution in [1.29, 1.82) is 0 Å². The highest BCUT2D eigenvalue weighted by Gasteiger charge is 2.23. The first kappa shape index (κ1) is 18.7. The van der Waals surface area contributed by atoms with Crippen molar-refractivity contribution in [1.82, 2.24) is 14.5 Å². The maximum Gasteiger partial charge on any atom is 0.241 e. The van der Waals surface area contributed by atoms with E-state index in [4.69, 9.17) is 4.74 Å². The lowest BCUT2D eigenvalue weighted by Gasteiger charge is -2.34. The Morgan fingerprint density at radius 3 is 2.46 bits per heavy atom. The number of amides is 1. The Morgan fingerprint density at radius 1 is 1.25 bits per heavy atom. The van der Waals surface area contributed by atoms with Crippen molar-refractivity contribution in [3.63, 3.8) is 0 Å². The molecule has 2 rings (SSSR count). The number of benzene rings is 1. The summed E-state index contributed by atoms with van der Waals surface area (Å²) < 4.78 is 32.3. The maximum atomic E-state index is 12.4. The van der Waals surface area contributed by atoms with Gasteiger partial charge in [-0.2, -0.15) is 0 Å². The Morgan fingerprint density at radius 2 is 1.92 bits per heavy atom. The first-order valence-electron chi connectivity index (χ1n) is 8.02. The van der Waals surface area contributed by atoms with Crippen molar-refractivity contribution in [3.05, 3.63) is 23.8 Å². The summed E-state index contributed by atoms with van der Waals surface area (Å²) in [7, 11) is -2.20. The van der Waals surface area contributed by atoms with Crippen molar-refractivity contribution in [2.75, 3.05) is 46.4 Å². The lowest BCUT2D eigenvalue weighted by Crippen LogP contribution is -2.51. The molecule has 1 aromatic rings. The molecule has 7 nitrogen and oxygen atoms in total. The molecule has 1 fully saturated rings. The fourth-order valence-corrected chi connectivity index (χ4v) is 3.91. The molecule has 8 heteroatoms. The fraction of sp³-hybridized carbons (Fsp3) is 0.562. The van der Waals surface area contributed by atoms with Gasteiger partial charge in [-0.15, -0.1) is 0 Å². The molecule has 0 aromatic heterocycles. The van der Waals surface area contributed by atoms with Crippen LogP contribution >= 0.6 is 0 Å². The van der Waals surface area contributed by atoms with Gasteiger partial charge in [-0.05, 0) is 37.2 Å². The maximum absolute atomic E-state index is 12.4. The number of carbonyl (C=O) groups excluding carboxylic acids is 1. The number of nitrogens with one attached hydrogen (secondary N) is 1. The molecule has 1 aliphatic heterocycles. The predicted octanol–water partition coefficient (Wildman–Crippen LogP) is 0.446. The number of hydrogen-bond donors (Lipinski definition) is 1. The molecule has 0 spiro atoms. The standard InChI is InChI=1S/C16H25N3O4S/c1-4-18-7-9-19(10-8-18)16(20)12-17-24(21,22)15-6-5-14(23-3)11-13(15)2/h5-6,11,17H,4,7-10,12H2,1-3H3. The van der Waals surface area contributed by atoms with Crippen LogP contribution in [0.3, 0.4) is 0 Å². The van der Waals surface area contributed by atoms with Crippen LogP contribution in [0.2, 0.25) is 0 Å². The molecule has 1 aliphatic rings. The molecule has 134 valence electrons. The number of piperazine rings is 1. The second kappa shape index (κ2) is 7.96. The van der Waals surface area contributed by atoms with Gasteiger partial charge in [0.1, 0.15) is 5.75 Å². The van der Waals surface area contributed by atoms with Crippen molar-refractivity contribution in [2.45, 2.75) is 18.7 Å². The van der Waals surface area contributed by atoms with Crippen LogP contribution in [0.25, 0.3) is 0 Å². The number of sulfonamides is 1. The summed E-state index contributed by atoms with van der Waals surface area (Å²) >= 11 is 0. The summed E-state index contributed by atoms with van der Waals surface area (Å²) in [5, 5.41) is 0. The van der Waals surface area contributed by atoms with E-state index in [9.17, 15) is 13.2 Å². The van der Waals surface area contributed by atoms with Gasteiger partial charge in [0.25, 0.3) is 0 Å². The second-order valence-electron chi connectivity index (χ2n) is 5.77. The van der Waals surface area contributed by atoms with Gasteiger partial charge in [0.2, 0.25) is 15.9 Å². The van der Waals surface area contributed by atoms with E-state index in [0.717, 1.165) is 19.6 Å². The van der Waals surface area contributed by atoms with Gasteiger partial charge in [-0.1, -0.05) is 6.92 Å². The van der Waals surface area contributed by atoms with E-state index in [1.54, 1.807) is 24.0 Å². The Hall–Kier alpha value is -1.64. The van der Waals surface area contributed by atoms with Gasteiger partial charge in [0.15, 0.2) is 0 Å². The van der Waals surface area contributed by atoms with E-state index in [-0.39, 0.29) is 17.3 Å². The average molecular weight is 355 g/mol. The van der Waals surface area contributed by atoms with E-state index in [2.05, 4.69) is 16.5 Å². The quantitative estimate of drug-likeness (QED) is 0.801. The van der Waals surface area contributed by atoms with Crippen LogP contribution in [0.15, 0.2) is 23.1 Å². The van der Waals surface area contributed by atoms with Crippen LogP contribution in [0.1, 0.15) is 12.5 Å². The second-order valence-corrected chi connectivity index (χ2v) is 7.51. The highest BCUT2D eigenvalue weighted by Crippen LogP contribution is 2.20. The minimum Gasteiger partial charge on any atom is -0.497 e. The van der Waals surface area contributed by atoms with Crippen molar-refractivity contribution in [2.24, 2.45) is 0 Å². The molecule has 1 N–H and O–H groups in total. The first-order valence-corrected chi connectivity index (χ1v) is 9.50. The summed E-state index contributed by atoms with van der Waals surface area (Å²) in [5.41, 5.74) is 0.575. The van der Waals surface area contributed by atoms with Gasteiger partial charge in [0, 0.05) is 26.2 Å². The summed E-state index contributed by atoms with van der Waals surface area (Å²) in [5.74, 6) is 0.400. The molecule has 1 saturated heterocycles. The molecular formula is C16H25N3O4S. The molecule has 0 saturated carbocycles. The van der Waals surface area contributed by atoms with Gasteiger partial charge in [-0.25, -0.2) is 13.1 Å². The predicted molar refractivity (Wildman–Crippen MR) is 91.6 cm³/mol. The minimum absolute atomic E-state index is 0.159. The zero-order valence-corrected chi connectivity index (χ0v) is 15.2. The molecule has 0 radical (unpaired) electrons. The summed E-state index contributed by atoms with van der Waals surface area (Å²) in [4.78, 5) is 16.3. The van der Waals surface area contributed by atoms with Crippen LogP contribution in [-0.4, -0.2) is 70.5 Å². The molecule has 0 unspecified atom stereocenters. The van der Waals surface area contributed by atoms with Crippen molar-refractivity contribution >= 4 is 15.9 Å². The van der Waals surface area contributed by atoms with Crippen LogP contribution in [0.4, 0.5) is 0 Å². The Kier molecular flexibility index (Phi) is 6.20. The largest absolute Gasteiger partial charge is 0.497 e. The molecule has 0 atom stereocenters. The minimum atomic E-state index is -3.73. The number of carbonyl (C=O) groups is 1. The van der Waals surface area contributed by atoms with Gasteiger partial charge in [0.05, 0.1) is 18.6 Å². The van der Waals surface area contributed by atoms with Crippen LogP contribution in [-0.2, 0) is 14.8 Å². The van der Waals surface area contributed by atoms with E-state index in [1.165, 1.54) is 13.2 Å². The van der Waals surface area contributed by atoms with Crippen LogP contribution in [0.5, 0.6) is 5.75 Å². The van der Waals surface area contributed by atoms with E-state index < -0.39 is 10.0 Å². The Labute approximate surface area is 143 Å². The first-order chi connectivity index (χ1) is 11.4. The lowest BCUT2D eigenvalue weighted by atomic mass is 10.2. The molecule has 1 heterocycles. The highest BCUT2D eigenvalue weighted by atomic mass is 32.2. The van der Waals surface area contributed by atoms with E-state index in [1.807, 2.05) is 0 Å². The summed E-state index contributed by atoms with van der Waals surface area (Å²) in [6.07, 6.45) is 0. The number of likely N-dealkylation sites (N-methyl/N-ethyl adjacent to an activating group) is 1. The normalized spacial score (nSPS) is 16.2. The fourth-order valence-electron chi connectivity index (χ4n) is 2.71. The van der Waals surface area contributed by atoms with Crippen molar-refractivity contribution in [3.8, 4) is 5.75 Å². The third-order valence-corrected chi connectivity index (χ3v) is 5.82. The zero-order valence-electron chi connectivity index (χ0n) is 14.4. The third kappa shape index (κ3) is 4.46. The third-order valence-electron chi connectivity index (χ3n) is 4.26. The molecule has 1 aromatic carbocycles. The number of rotatable bonds is 6.